The number of aryl methyl sites for hydroxylation is 1. The maximum absolute atomic E-state index is 13.3. The number of halogens is 1. The molecule has 0 aromatic heterocycles. The van der Waals surface area contributed by atoms with E-state index in [0.29, 0.717) is 21.6 Å². The summed E-state index contributed by atoms with van der Waals surface area (Å²) in [7, 11) is 3.20. The number of rotatable bonds is 6. The van der Waals surface area contributed by atoms with Crippen LogP contribution in [0.1, 0.15) is 31.4 Å². The molecule has 0 N–H and O–H groups in total. The Morgan fingerprint density at radius 2 is 1.83 bits per heavy atom. The molecule has 7 heteroatoms. The second kappa shape index (κ2) is 9.71. The molecule has 1 saturated heterocycles. The van der Waals surface area contributed by atoms with Crippen LogP contribution < -0.4 is 9.47 Å². The smallest absolute Gasteiger partial charge is 0.267 e. The highest BCUT2D eigenvalue weighted by molar-refractivity contribution is 9.10. The van der Waals surface area contributed by atoms with Gasteiger partial charge in [0.2, 0.25) is 0 Å². The third kappa shape index (κ3) is 4.73. The Kier molecular flexibility index (Phi) is 7.26. The molecule has 158 valence electrons. The van der Waals surface area contributed by atoms with Crippen LogP contribution in [-0.2, 0) is 4.79 Å². The van der Waals surface area contributed by atoms with E-state index in [1.54, 1.807) is 25.2 Å². The molecule has 0 bridgehead atoms. The van der Waals surface area contributed by atoms with Gasteiger partial charge in [-0.15, -0.1) is 0 Å². The third-order valence-electron chi connectivity index (χ3n) is 4.92. The second-order valence-electron chi connectivity index (χ2n) is 7.00. The Morgan fingerprint density at radius 1 is 1.17 bits per heavy atom. The van der Waals surface area contributed by atoms with Gasteiger partial charge in [-0.25, -0.2) is 4.99 Å². The summed E-state index contributed by atoms with van der Waals surface area (Å²) in [5.41, 5.74) is 2.79. The number of hydrogen-bond donors (Lipinski definition) is 0. The number of methoxy groups -OCH3 is 2. The van der Waals surface area contributed by atoms with Gasteiger partial charge in [-0.05, 0) is 72.2 Å². The Labute approximate surface area is 190 Å². The number of carbonyl (C=O) groups excluding carboxylic acids is 1. The largest absolute Gasteiger partial charge is 0.496 e. The summed E-state index contributed by atoms with van der Waals surface area (Å²) < 4.78 is 11.6. The lowest BCUT2D eigenvalue weighted by molar-refractivity contribution is -0.123. The van der Waals surface area contributed by atoms with Gasteiger partial charge in [-0.3, -0.25) is 9.69 Å². The first-order valence-corrected chi connectivity index (χ1v) is 11.3. The standard InChI is InChI=1S/C23H25BrN2O3S/c1-6-15(3)26-22(27)21(30-23(26)25-17-9-7-14(2)8-10-17)12-16-11-18(24)20(29-5)13-19(16)28-4/h7-13,15H,6H2,1-5H3/b21-12+,25-23?/t15-/m1/s1. The lowest BCUT2D eigenvalue weighted by atomic mass is 10.1. The summed E-state index contributed by atoms with van der Waals surface area (Å²) in [5.74, 6) is 1.26. The molecule has 5 nitrogen and oxygen atoms in total. The highest BCUT2D eigenvalue weighted by Gasteiger charge is 2.36. The summed E-state index contributed by atoms with van der Waals surface area (Å²) in [6, 6.07) is 11.7. The molecule has 1 aliphatic heterocycles. The van der Waals surface area contributed by atoms with E-state index in [4.69, 9.17) is 14.5 Å². The van der Waals surface area contributed by atoms with Crippen LogP contribution in [0.5, 0.6) is 11.5 Å². The Hall–Kier alpha value is -2.25. The van der Waals surface area contributed by atoms with Crippen molar-refractivity contribution in [3.05, 3.63) is 56.9 Å². The minimum atomic E-state index is -0.0470. The fourth-order valence-corrected chi connectivity index (χ4v) is 4.61. The lowest BCUT2D eigenvalue weighted by Gasteiger charge is -2.22. The highest BCUT2D eigenvalue weighted by Crippen LogP contribution is 2.39. The Morgan fingerprint density at radius 3 is 2.43 bits per heavy atom. The Bertz CT molecular complexity index is 1000. The fourth-order valence-electron chi connectivity index (χ4n) is 3.00. The molecule has 0 saturated carbocycles. The normalized spacial score (nSPS) is 17.7. The second-order valence-corrected chi connectivity index (χ2v) is 8.87. The molecule has 0 radical (unpaired) electrons. The molecule has 0 spiro atoms. The maximum Gasteiger partial charge on any atom is 0.267 e. The predicted octanol–water partition coefficient (Wildman–Crippen LogP) is 6.18. The van der Waals surface area contributed by atoms with E-state index < -0.39 is 0 Å². The van der Waals surface area contributed by atoms with E-state index in [1.807, 2.05) is 50.3 Å². The summed E-state index contributed by atoms with van der Waals surface area (Å²) in [4.78, 5) is 20.4. The van der Waals surface area contributed by atoms with Crippen molar-refractivity contribution in [2.45, 2.75) is 33.2 Å². The molecule has 0 unspecified atom stereocenters. The van der Waals surface area contributed by atoms with Crippen LogP contribution in [-0.4, -0.2) is 36.2 Å². The fraction of sp³-hybridized carbons (Fsp3) is 0.304. The van der Waals surface area contributed by atoms with Crippen LogP contribution in [0, 0.1) is 6.92 Å². The monoisotopic (exact) mass is 488 g/mol. The molecule has 1 atom stereocenters. The number of amidine groups is 1. The molecule has 2 aromatic carbocycles. The molecular formula is C23H25BrN2O3S. The zero-order valence-corrected chi connectivity index (χ0v) is 20.1. The van der Waals surface area contributed by atoms with Crippen molar-refractivity contribution in [3.8, 4) is 11.5 Å². The summed E-state index contributed by atoms with van der Waals surface area (Å²) >= 11 is 4.89. The van der Waals surface area contributed by atoms with Crippen LogP contribution in [0.4, 0.5) is 5.69 Å². The Balaban J connectivity index is 2.03. The van der Waals surface area contributed by atoms with Gasteiger partial charge in [-0.2, -0.15) is 0 Å². The first-order chi connectivity index (χ1) is 14.4. The minimum Gasteiger partial charge on any atom is -0.496 e. The van der Waals surface area contributed by atoms with Gasteiger partial charge in [0.25, 0.3) is 5.91 Å². The molecule has 1 amide bonds. The zero-order valence-electron chi connectivity index (χ0n) is 17.7. The number of aliphatic imine (C=N–C) groups is 1. The summed E-state index contributed by atoms with van der Waals surface area (Å²) in [6.07, 6.45) is 2.69. The van der Waals surface area contributed by atoms with Crippen LogP contribution in [0.3, 0.4) is 0 Å². The minimum absolute atomic E-state index is 0.0459. The maximum atomic E-state index is 13.3. The number of nitrogens with zero attached hydrogens (tertiary/aromatic N) is 2. The molecule has 0 aliphatic carbocycles. The van der Waals surface area contributed by atoms with E-state index in [9.17, 15) is 4.79 Å². The topological polar surface area (TPSA) is 51.1 Å². The van der Waals surface area contributed by atoms with Gasteiger partial charge < -0.3 is 9.47 Å². The zero-order chi connectivity index (χ0) is 21.8. The van der Waals surface area contributed by atoms with Crippen LogP contribution in [0.2, 0.25) is 0 Å². The number of thioether (sulfide) groups is 1. The molecule has 2 aromatic rings. The molecule has 1 aliphatic rings. The van der Waals surface area contributed by atoms with Crippen molar-refractivity contribution in [1.82, 2.24) is 4.90 Å². The molecular weight excluding hydrogens is 464 g/mol. The number of benzene rings is 2. The van der Waals surface area contributed by atoms with Crippen molar-refractivity contribution in [2.75, 3.05) is 14.2 Å². The van der Waals surface area contributed by atoms with Gasteiger partial charge >= 0.3 is 0 Å². The van der Waals surface area contributed by atoms with Crippen LogP contribution in [0.15, 0.2) is 50.8 Å². The van der Waals surface area contributed by atoms with Crippen molar-refractivity contribution < 1.29 is 14.3 Å². The molecule has 3 rings (SSSR count). The number of amides is 1. The van der Waals surface area contributed by atoms with Crippen molar-refractivity contribution >= 4 is 50.5 Å². The van der Waals surface area contributed by atoms with E-state index in [1.165, 1.54) is 17.3 Å². The summed E-state index contributed by atoms with van der Waals surface area (Å²) in [6.45, 7) is 6.14. The molecule has 1 heterocycles. The van der Waals surface area contributed by atoms with E-state index in [-0.39, 0.29) is 11.9 Å². The first-order valence-electron chi connectivity index (χ1n) is 9.67. The highest BCUT2D eigenvalue weighted by atomic mass is 79.9. The van der Waals surface area contributed by atoms with Gasteiger partial charge in [0.15, 0.2) is 5.17 Å². The van der Waals surface area contributed by atoms with Crippen LogP contribution in [0.25, 0.3) is 6.08 Å². The average molecular weight is 489 g/mol. The predicted molar refractivity (Wildman–Crippen MR) is 128 cm³/mol. The SMILES string of the molecule is CC[C@@H](C)N1C(=O)/C(=C\c2cc(Br)c(OC)cc2OC)SC1=Nc1ccc(C)cc1. The average Bonchev–Trinajstić information content (AvgIpc) is 3.04. The van der Waals surface area contributed by atoms with E-state index >= 15 is 0 Å². The van der Waals surface area contributed by atoms with Gasteiger partial charge in [0.05, 0.1) is 29.3 Å². The van der Waals surface area contributed by atoms with E-state index in [2.05, 4.69) is 22.9 Å². The van der Waals surface area contributed by atoms with Crippen molar-refractivity contribution in [3.63, 3.8) is 0 Å². The molecule has 30 heavy (non-hydrogen) atoms. The van der Waals surface area contributed by atoms with Crippen molar-refractivity contribution in [1.29, 1.82) is 0 Å². The molecule has 1 fully saturated rings. The summed E-state index contributed by atoms with van der Waals surface area (Å²) in [5, 5.41) is 0.691. The van der Waals surface area contributed by atoms with Crippen LogP contribution >= 0.6 is 27.7 Å². The lowest BCUT2D eigenvalue weighted by Crippen LogP contribution is -2.36. The van der Waals surface area contributed by atoms with Gasteiger partial charge in [-0.1, -0.05) is 24.6 Å². The number of carbonyl (C=O) groups is 1. The van der Waals surface area contributed by atoms with Gasteiger partial charge in [0, 0.05) is 17.7 Å². The van der Waals surface area contributed by atoms with Crippen molar-refractivity contribution in [2.24, 2.45) is 4.99 Å². The third-order valence-corrected chi connectivity index (χ3v) is 6.52. The quantitative estimate of drug-likeness (QED) is 0.455. The first kappa shape index (κ1) is 22.4. The van der Waals surface area contributed by atoms with Gasteiger partial charge in [0.1, 0.15) is 11.5 Å². The number of ether oxygens (including phenoxy) is 2. The van der Waals surface area contributed by atoms with E-state index in [0.717, 1.165) is 22.1 Å². The number of hydrogen-bond acceptors (Lipinski definition) is 5.